The Balaban J connectivity index is 1.74. The molecule has 29 heavy (non-hydrogen) atoms. The highest BCUT2D eigenvalue weighted by Crippen LogP contribution is 2.52. The van der Waals surface area contributed by atoms with Crippen LogP contribution in [0.4, 0.5) is 13.2 Å². The van der Waals surface area contributed by atoms with Gasteiger partial charge in [-0.2, -0.15) is 21.6 Å². The van der Waals surface area contributed by atoms with Crippen LogP contribution in [0.5, 0.6) is 5.75 Å². The molecule has 2 bridgehead atoms. The van der Waals surface area contributed by atoms with E-state index in [-0.39, 0.29) is 17.7 Å². The van der Waals surface area contributed by atoms with Crippen LogP contribution in [0.2, 0.25) is 0 Å². The van der Waals surface area contributed by atoms with Gasteiger partial charge in [0.15, 0.2) is 5.78 Å². The molecule has 3 aliphatic rings. The van der Waals surface area contributed by atoms with Crippen molar-refractivity contribution in [2.45, 2.75) is 56.5 Å². The average Bonchev–Trinajstić information content (AvgIpc) is 3.44. The van der Waals surface area contributed by atoms with Crippen LogP contribution in [0.25, 0.3) is 0 Å². The summed E-state index contributed by atoms with van der Waals surface area (Å²) in [5.41, 5.74) is -4.83. The maximum absolute atomic E-state index is 13.3. The van der Waals surface area contributed by atoms with Gasteiger partial charge in [-0.1, -0.05) is 13.8 Å². The van der Waals surface area contributed by atoms with E-state index in [9.17, 15) is 26.4 Å². The summed E-state index contributed by atoms with van der Waals surface area (Å²) >= 11 is 0. The fourth-order valence-electron chi connectivity index (χ4n) is 5.16. The predicted molar refractivity (Wildman–Crippen MR) is 100 cm³/mol. The van der Waals surface area contributed by atoms with Gasteiger partial charge in [0.05, 0.1) is 6.04 Å². The third-order valence-corrected chi connectivity index (χ3v) is 7.93. The lowest BCUT2D eigenvalue weighted by Gasteiger charge is -2.55. The zero-order valence-electron chi connectivity index (χ0n) is 16.3. The van der Waals surface area contributed by atoms with Crippen LogP contribution in [0.1, 0.15) is 55.5 Å². The lowest BCUT2D eigenvalue weighted by Crippen LogP contribution is -2.61. The second kappa shape index (κ2) is 6.70. The quantitative estimate of drug-likeness (QED) is 0.523. The second-order valence-electron chi connectivity index (χ2n) is 8.49. The number of hydrogen-bond acceptors (Lipinski definition) is 5. The first-order valence-electron chi connectivity index (χ1n) is 9.93. The fourth-order valence-corrected chi connectivity index (χ4v) is 5.61. The van der Waals surface area contributed by atoms with E-state index in [0.29, 0.717) is 23.5 Å². The second-order valence-corrected chi connectivity index (χ2v) is 10.0. The molecule has 2 fully saturated rings. The van der Waals surface area contributed by atoms with Crippen LogP contribution in [-0.2, 0) is 15.5 Å². The summed E-state index contributed by atoms with van der Waals surface area (Å²) in [5.74, 6) is 0.179. The largest absolute Gasteiger partial charge is 0.534 e. The first-order valence-corrected chi connectivity index (χ1v) is 11.3. The van der Waals surface area contributed by atoms with Crippen molar-refractivity contribution in [1.82, 2.24) is 4.90 Å². The number of carbonyl (C=O) groups excluding carboxylic acids is 1. The van der Waals surface area contributed by atoms with Crippen molar-refractivity contribution >= 4 is 15.9 Å². The van der Waals surface area contributed by atoms with Crippen LogP contribution < -0.4 is 4.18 Å². The molecule has 0 amide bonds. The normalized spacial score (nSPS) is 30.2. The molecule has 1 aromatic carbocycles. The Hall–Kier alpha value is -1.61. The molecule has 0 aromatic heterocycles. The maximum atomic E-state index is 13.3. The monoisotopic (exact) mass is 431 g/mol. The summed E-state index contributed by atoms with van der Waals surface area (Å²) in [6.45, 7) is 5.68. The third kappa shape index (κ3) is 3.26. The molecule has 1 aromatic rings. The van der Waals surface area contributed by atoms with Gasteiger partial charge in [0.1, 0.15) is 5.75 Å². The van der Waals surface area contributed by atoms with Gasteiger partial charge >= 0.3 is 15.6 Å². The molecular formula is C20H24F3NO4S. The minimum atomic E-state index is -5.76. The minimum Gasteiger partial charge on any atom is -0.376 e. The lowest BCUT2D eigenvalue weighted by atomic mass is 9.56. The summed E-state index contributed by atoms with van der Waals surface area (Å²) < 4.78 is 65.3. The van der Waals surface area contributed by atoms with E-state index >= 15 is 0 Å². The minimum absolute atomic E-state index is 0.0190. The number of benzene rings is 1. The Morgan fingerprint density at radius 2 is 1.97 bits per heavy atom. The van der Waals surface area contributed by atoms with Crippen LogP contribution in [0, 0.1) is 11.8 Å². The number of nitrogens with zero attached hydrogens (tertiary/aromatic N) is 1. The standard InChI is InChI=1S/C20H24F3NO4S/c1-3-19-8-9-24(11-13-4-5-13)17(12(19)2)18(25)15-7-6-14(10-16(15)19)28-29(26,27)20(21,22)23/h6-7,10,12-13,17H,3-5,8-9,11H2,1-2H3/t12-,17-,19+/m1/s1. The molecule has 0 N–H and O–H groups in total. The van der Waals surface area contributed by atoms with E-state index in [1.807, 2.05) is 13.8 Å². The van der Waals surface area contributed by atoms with Crippen molar-refractivity contribution < 1.29 is 30.6 Å². The summed E-state index contributed by atoms with van der Waals surface area (Å²) in [6.07, 6.45) is 3.85. The molecule has 0 unspecified atom stereocenters. The van der Waals surface area contributed by atoms with E-state index in [0.717, 1.165) is 25.6 Å². The number of ketones is 1. The average molecular weight is 431 g/mol. The smallest absolute Gasteiger partial charge is 0.376 e. The van der Waals surface area contributed by atoms with Gasteiger partial charge in [0.25, 0.3) is 0 Å². The summed E-state index contributed by atoms with van der Waals surface area (Å²) in [7, 11) is -5.76. The fraction of sp³-hybridized carbons (Fsp3) is 0.650. The Morgan fingerprint density at radius 3 is 2.55 bits per heavy atom. The van der Waals surface area contributed by atoms with Gasteiger partial charge in [0.2, 0.25) is 0 Å². The van der Waals surface area contributed by atoms with Crippen LogP contribution in [-0.4, -0.2) is 43.7 Å². The highest BCUT2D eigenvalue weighted by molar-refractivity contribution is 7.88. The zero-order valence-corrected chi connectivity index (χ0v) is 17.1. The Kier molecular flexibility index (Phi) is 4.77. The van der Waals surface area contributed by atoms with E-state index < -0.39 is 26.8 Å². The number of hydrogen-bond donors (Lipinski definition) is 0. The number of halogens is 3. The number of rotatable bonds is 5. The SMILES string of the molecule is CC[C@@]12CCN(CC3CC3)[C@@H](C(=O)c3ccc(OS(=O)(=O)C(F)(F)F)cc31)[C@H]2C. The maximum Gasteiger partial charge on any atom is 0.534 e. The number of carbonyl (C=O) groups is 1. The van der Waals surface area contributed by atoms with Crippen molar-refractivity contribution in [2.24, 2.45) is 11.8 Å². The van der Waals surface area contributed by atoms with Crippen molar-refractivity contribution in [1.29, 1.82) is 0 Å². The third-order valence-electron chi connectivity index (χ3n) is 6.96. The van der Waals surface area contributed by atoms with Gasteiger partial charge in [-0.3, -0.25) is 9.69 Å². The molecule has 2 aliphatic carbocycles. The molecule has 5 nitrogen and oxygen atoms in total. The number of alkyl halides is 3. The van der Waals surface area contributed by atoms with Crippen LogP contribution >= 0.6 is 0 Å². The summed E-state index contributed by atoms with van der Waals surface area (Å²) in [6, 6.07) is 3.63. The van der Waals surface area contributed by atoms with Crippen molar-refractivity contribution in [3.8, 4) is 5.75 Å². The molecule has 1 saturated carbocycles. The first kappa shape index (κ1) is 20.7. The van der Waals surface area contributed by atoms with Crippen molar-refractivity contribution in [3.05, 3.63) is 29.3 Å². The first-order chi connectivity index (χ1) is 13.5. The molecule has 1 heterocycles. The molecule has 9 heteroatoms. The number of fused-ring (bicyclic) bond motifs is 4. The molecular weight excluding hydrogens is 407 g/mol. The highest BCUT2D eigenvalue weighted by Gasteiger charge is 2.55. The molecule has 4 rings (SSSR count). The van der Waals surface area contributed by atoms with Crippen molar-refractivity contribution in [2.75, 3.05) is 13.1 Å². The lowest BCUT2D eigenvalue weighted by molar-refractivity contribution is -0.0500. The van der Waals surface area contributed by atoms with Gasteiger partial charge in [-0.05, 0) is 67.8 Å². The Morgan fingerprint density at radius 1 is 1.28 bits per heavy atom. The number of Topliss-reactive ketones (excluding diaryl/α,β-unsaturated/α-hetero) is 1. The van der Waals surface area contributed by atoms with Gasteiger partial charge in [0, 0.05) is 17.5 Å². The summed E-state index contributed by atoms with van der Waals surface area (Å²) in [5, 5.41) is 0. The van der Waals surface area contributed by atoms with E-state index in [2.05, 4.69) is 9.08 Å². The van der Waals surface area contributed by atoms with E-state index in [1.54, 1.807) is 0 Å². The van der Waals surface area contributed by atoms with Gasteiger partial charge in [-0.25, -0.2) is 0 Å². The molecule has 0 radical (unpaired) electrons. The van der Waals surface area contributed by atoms with Crippen molar-refractivity contribution in [3.63, 3.8) is 0 Å². The van der Waals surface area contributed by atoms with Gasteiger partial charge in [-0.15, -0.1) is 0 Å². The van der Waals surface area contributed by atoms with Gasteiger partial charge < -0.3 is 4.18 Å². The Labute approximate surface area is 168 Å². The molecule has 3 atom stereocenters. The highest BCUT2D eigenvalue weighted by atomic mass is 32.2. The predicted octanol–water partition coefficient (Wildman–Crippen LogP) is 3.88. The molecule has 0 spiro atoms. The molecule has 1 aliphatic heterocycles. The topological polar surface area (TPSA) is 63.7 Å². The zero-order chi connectivity index (χ0) is 21.2. The number of likely N-dealkylation sites (tertiary alicyclic amines) is 1. The molecule has 1 saturated heterocycles. The Bertz CT molecular complexity index is 942. The van der Waals surface area contributed by atoms with Crippen LogP contribution in [0.15, 0.2) is 18.2 Å². The van der Waals surface area contributed by atoms with E-state index in [1.165, 1.54) is 25.0 Å². The van der Waals surface area contributed by atoms with Crippen LogP contribution in [0.3, 0.4) is 0 Å². The number of piperidine rings is 1. The summed E-state index contributed by atoms with van der Waals surface area (Å²) in [4.78, 5) is 15.5. The van der Waals surface area contributed by atoms with E-state index in [4.69, 9.17) is 0 Å². The molecule has 160 valence electrons.